The molecule has 1 aromatic carbocycles. The summed E-state index contributed by atoms with van der Waals surface area (Å²) in [5.74, 6) is 0.707. The van der Waals surface area contributed by atoms with Gasteiger partial charge in [-0.1, -0.05) is 19.9 Å². The third kappa shape index (κ3) is 2.95. The van der Waals surface area contributed by atoms with Gasteiger partial charge in [0.2, 0.25) is 0 Å². The molecule has 0 amide bonds. The largest absolute Gasteiger partial charge is 0.325 e. The fraction of sp³-hybridized carbons (Fsp3) is 0.533. The number of aromatic nitrogens is 2. The molecule has 1 heterocycles. The van der Waals surface area contributed by atoms with E-state index >= 15 is 0 Å². The minimum Gasteiger partial charge on any atom is -0.325 e. The predicted octanol–water partition coefficient (Wildman–Crippen LogP) is 3.30. The molecule has 104 valence electrons. The monoisotopic (exact) mass is 263 g/mol. The summed E-state index contributed by atoms with van der Waals surface area (Å²) in [6.07, 6.45) is 0.810. The zero-order valence-corrected chi connectivity index (χ0v) is 12.1. The van der Waals surface area contributed by atoms with E-state index in [1.807, 2.05) is 6.07 Å². The van der Waals surface area contributed by atoms with Crippen molar-refractivity contribution < 1.29 is 4.39 Å². The zero-order chi connectivity index (χ0) is 14.0. The highest BCUT2D eigenvalue weighted by Crippen LogP contribution is 2.23. The van der Waals surface area contributed by atoms with Crippen molar-refractivity contribution in [2.45, 2.75) is 46.2 Å². The molecule has 0 radical (unpaired) electrons. The number of imidazole rings is 1. The molecule has 3 nitrogen and oxygen atoms in total. The first kappa shape index (κ1) is 14.0. The zero-order valence-electron chi connectivity index (χ0n) is 12.1. The molecule has 1 aromatic heterocycles. The van der Waals surface area contributed by atoms with Crippen LogP contribution in [0.15, 0.2) is 18.2 Å². The average molecular weight is 263 g/mol. The van der Waals surface area contributed by atoms with Gasteiger partial charge in [-0.05, 0) is 26.0 Å². The Balaban J connectivity index is 2.36. The van der Waals surface area contributed by atoms with Gasteiger partial charge < -0.3 is 9.88 Å². The SMILES string of the molecule is CC(C)NCCc1nc2c(F)cccc2n1C(C)C. The molecule has 0 saturated carbocycles. The van der Waals surface area contributed by atoms with Gasteiger partial charge in [0.05, 0.1) is 5.52 Å². The lowest BCUT2D eigenvalue weighted by atomic mass is 10.2. The Bertz CT molecular complexity index is 558. The summed E-state index contributed by atoms with van der Waals surface area (Å²) in [7, 11) is 0. The summed E-state index contributed by atoms with van der Waals surface area (Å²) < 4.78 is 15.9. The lowest BCUT2D eigenvalue weighted by molar-refractivity contribution is 0.546. The number of benzene rings is 1. The van der Waals surface area contributed by atoms with E-state index in [1.165, 1.54) is 6.07 Å². The molecule has 0 unspecified atom stereocenters. The van der Waals surface area contributed by atoms with E-state index in [2.05, 4.69) is 42.6 Å². The number of hydrogen-bond donors (Lipinski definition) is 1. The van der Waals surface area contributed by atoms with Crippen LogP contribution in [0, 0.1) is 5.82 Å². The van der Waals surface area contributed by atoms with E-state index in [-0.39, 0.29) is 11.9 Å². The van der Waals surface area contributed by atoms with Crippen molar-refractivity contribution in [3.63, 3.8) is 0 Å². The first-order valence-corrected chi connectivity index (χ1v) is 6.89. The number of para-hydroxylation sites is 1. The summed E-state index contributed by atoms with van der Waals surface area (Å²) in [6.45, 7) is 9.29. The van der Waals surface area contributed by atoms with Crippen LogP contribution in [0.4, 0.5) is 4.39 Å². The third-order valence-electron chi connectivity index (χ3n) is 3.16. The maximum atomic E-state index is 13.8. The van der Waals surface area contributed by atoms with Crippen LogP contribution >= 0.6 is 0 Å². The third-order valence-corrected chi connectivity index (χ3v) is 3.16. The predicted molar refractivity (Wildman–Crippen MR) is 76.9 cm³/mol. The maximum Gasteiger partial charge on any atom is 0.151 e. The highest BCUT2D eigenvalue weighted by Gasteiger charge is 2.15. The molecular formula is C15H22FN3. The fourth-order valence-corrected chi connectivity index (χ4v) is 2.36. The van der Waals surface area contributed by atoms with Gasteiger partial charge >= 0.3 is 0 Å². The van der Waals surface area contributed by atoms with Crippen LogP contribution < -0.4 is 5.32 Å². The maximum absolute atomic E-state index is 13.8. The molecule has 2 aromatic rings. The molecule has 4 heteroatoms. The molecular weight excluding hydrogens is 241 g/mol. The standard InChI is InChI=1S/C15H22FN3/c1-10(2)17-9-8-14-18-15-12(16)6-5-7-13(15)19(14)11(3)4/h5-7,10-11,17H,8-9H2,1-4H3. The quantitative estimate of drug-likeness (QED) is 0.897. The lowest BCUT2D eigenvalue weighted by Crippen LogP contribution is -2.26. The highest BCUT2D eigenvalue weighted by atomic mass is 19.1. The number of fused-ring (bicyclic) bond motifs is 1. The molecule has 0 aliphatic heterocycles. The lowest BCUT2D eigenvalue weighted by Gasteiger charge is -2.14. The first-order chi connectivity index (χ1) is 9.00. The molecule has 0 aliphatic rings. The minimum atomic E-state index is -0.241. The second kappa shape index (κ2) is 5.70. The van der Waals surface area contributed by atoms with Crippen molar-refractivity contribution in [3.8, 4) is 0 Å². The van der Waals surface area contributed by atoms with Crippen molar-refractivity contribution in [1.82, 2.24) is 14.9 Å². The normalized spacial score (nSPS) is 11.9. The summed E-state index contributed by atoms with van der Waals surface area (Å²) in [4.78, 5) is 4.48. The molecule has 0 saturated heterocycles. The molecule has 1 N–H and O–H groups in total. The van der Waals surface area contributed by atoms with Crippen LogP contribution in [0.25, 0.3) is 11.0 Å². The summed E-state index contributed by atoms with van der Waals surface area (Å²) in [6, 6.07) is 5.88. The van der Waals surface area contributed by atoms with E-state index in [0.29, 0.717) is 11.6 Å². The summed E-state index contributed by atoms with van der Waals surface area (Å²) >= 11 is 0. The number of hydrogen-bond acceptors (Lipinski definition) is 2. The smallest absolute Gasteiger partial charge is 0.151 e. The second-order valence-corrected chi connectivity index (χ2v) is 5.46. The van der Waals surface area contributed by atoms with E-state index in [4.69, 9.17) is 0 Å². The Morgan fingerprint density at radius 2 is 2.00 bits per heavy atom. The van der Waals surface area contributed by atoms with Gasteiger partial charge in [-0.3, -0.25) is 0 Å². The van der Waals surface area contributed by atoms with E-state index in [0.717, 1.165) is 24.3 Å². The van der Waals surface area contributed by atoms with Crippen LogP contribution in [0.2, 0.25) is 0 Å². The van der Waals surface area contributed by atoms with Gasteiger partial charge in [-0.25, -0.2) is 9.37 Å². The van der Waals surface area contributed by atoms with Crippen LogP contribution in [0.5, 0.6) is 0 Å². The highest BCUT2D eigenvalue weighted by molar-refractivity contribution is 5.76. The van der Waals surface area contributed by atoms with Gasteiger partial charge in [0.15, 0.2) is 5.82 Å². The summed E-state index contributed by atoms with van der Waals surface area (Å²) in [5, 5.41) is 3.37. The van der Waals surface area contributed by atoms with Crippen molar-refractivity contribution in [3.05, 3.63) is 29.8 Å². The molecule has 0 atom stereocenters. The van der Waals surface area contributed by atoms with Crippen molar-refractivity contribution in [2.24, 2.45) is 0 Å². The van der Waals surface area contributed by atoms with Crippen molar-refractivity contribution >= 4 is 11.0 Å². The second-order valence-electron chi connectivity index (χ2n) is 5.46. The molecule has 0 fully saturated rings. The first-order valence-electron chi connectivity index (χ1n) is 6.89. The van der Waals surface area contributed by atoms with Crippen molar-refractivity contribution in [2.75, 3.05) is 6.54 Å². The van der Waals surface area contributed by atoms with Crippen LogP contribution in [-0.4, -0.2) is 22.1 Å². The van der Waals surface area contributed by atoms with E-state index in [1.54, 1.807) is 6.07 Å². The van der Waals surface area contributed by atoms with E-state index in [9.17, 15) is 4.39 Å². The number of rotatable bonds is 5. The number of nitrogens with one attached hydrogen (secondary N) is 1. The molecule has 19 heavy (non-hydrogen) atoms. The van der Waals surface area contributed by atoms with Crippen LogP contribution in [-0.2, 0) is 6.42 Å². The van der Waals surface area contributed by atoms with Crippen molar-refractivity contribution in [1.29, 1.82) is 0 Å². The number of nitrogens with zero attached hydrogens (tertiary/aromatic N) is 2. The van der Waals surface area contributed by atoms with Crippen LogP contribution in [0.1, 0.15) is 39.6 Å². The average Bonchev–Trinajstić information content (AvgIpc) is 2.68. The topological polar surface area (TPSA) is 29.9 Å². The van der Waals surface area contributed by atoms with Gasteiger partial charge in [-0.2, -0.15) is 0 Å². The Morgan fingerprint density at radius 1 is 1.26 bits per heavy atom. The Hall–Kier alpha value is -1.42. The summed E-state index contributed by atoms with van der Waals surface area (Å²) in [5.41, 5.74) is 1.37. The van der Waals surface area contributed by atoms with Gasteiger partial charge in [-0.15, -0.1) is 0 Å². The molecule has 0 aliphatic carbocycles. The van der Waals surface area contributed by atoms with Gasteiger partial charge in [0, 0.05) is 25.0 Å². The Morgan fingerprint density at radius 3 is 2.63 bits per heavy atom. The molecule has 2 rings (SSSR count). The Kier molecular flexibility index (Phi) is 4.20. The van der Waals surface area contributed by atoms with Gasteiger partial charge in [0.25, 0.3) is 0 Å². The minimum absolute atomic E-state index is 0.241. The van der Waals surface area contributed by atoms with Crippen LogP contribution in [0.3, 0.4) is 0 Å². The van der Waals surface area contributed by atoms with E-state index < -0.39 is 0 Å². The fourth-order valence-electron chi connectivity index (χ4n) is 2.36. The molecule has 0 bridgehead atoms. The Labute approximate surface area is 113 Å². The molecule has 0 spiro atoms. The number of halogens is 1. The van der Waals surface area contributed by atoms with Gasteiger partial charge in [0.1, 0.15) is 11.3 Å².